The molecule has 12 heteroatoms. The zero-order chi connectivity index (χ0) is 29.2. The number of esters is 1. The lowest BCUT2D eigenvalue weighted by Crippen LogP contribution is -2.22. The smallest absolute Gasteiger partial charge is 0.339 e. The number of rotatable bonds is 10. The average Bonchev–Trinajstić information content (AvgIpc) is 3.00. The summed E-state index contributed by atoms with van der Waals surface area (Å²) in [5.41, 5.74) is 3.93. The van der Waals surface area contributed by atoms with Gasteiger partial charge >= 0.3 is 5.97 Å². The van der Waals surface area contributed by atoms with Gasteiger partial charge in [-0.1, -0.05) is 42.5 Å². The fraction of sp³-hybridized carbons (Fsp3) is 0.103. The van der Waals surface area contributed by atoms with E-state index in [9.17, 15) is 19.6 Å². The van der Waals surface area contributed by atoms with Crippen LogP contribution in [0.15, 0.2) is 82.7 Å². The molecule has 1 amide bonds. The van der Waals surface area contributed by atoms with Gasteiger partial charge in [-0.25, -0.2) is 15.2 Å². The number of aromatic nitrogens is 2. The van der Waals surface area contributed by atoms with Gasteiger partial charge in [0.2, 0.25) is 5.95 Å². The Hall–Kier alpha value is -5.96. The third kappa shape index (κ3) is 6.92. The van der Waals surface area contributed by atoms with E-state index in [4.69, 9.17) is 14.2 Å². The highest BCUT2D eigenvalue weighted by Crippen LogP contribution is 2.28. The number of aromatic amines is 1. The van der Waals surface area contributed by atoms with Gasteiger partial charge in [0.25, 0.3) is 11.5 Å². The molecular formula is C29H24N6O6. The predicted molar refractivity (Wildman–Crippen MR) is 151 cm³/mol. The summed E-state index contributed by atoms with van der Waals surface area (Å²) in [4.78, 5) is 43.6. The van der Waals surface area contributed by atoms with E-state index in [1.165, 1.54) is 26.5 Å². The Balaban J connectivity index is 1.42. The van der Waals surface area contributed by atoms with Crippen LogP contribution < -0.4 is 25.8 Å². The van der Waals surface area contributed by atoms with Gasteiger partial charge in [0.15, 0.2) is 18.1 Å². The summed E-state index contributed by atoms with van der Waals surface area (Å²) in [6, 6.07) is 22.1. The highest BCUT2D eigenvalue weighted by atomic mass is 16.5. The maximum atomic E-state index is 12.5. The first-order valence-corrected chi connectivity index (χ1v) is 12.1. The maximum Gasteiger partial charge on any atom is 0.339 e. The molecule has 0 atom stereocenters. The van der Waals surface area contributed by atoms with E-state index in [1.807, 2.05) is 12.1 Å². The number of ether oxygens (including phenoxy) is 3. The van der Waals surface area contributed by atoms with Crippen LogP contribution in [0.3, 0.4) is 0 Å². The first-order valence-electron chi connectivity index (χ1n) is 12.1. The molecular weight excluding hydrogens is 528 g/mol. The quantitative estimate of drug-likeness (QED) is 0.151. The molecule has 0 fully saturated rings. The normalized spacial score (nSPS) is 10.5. The number of hydrogen-bond acceptors (Lipinski definition) is 10. The van der Waals surface area contributed by atoms with Crippen molar-refractivity contribution in [2.45, 2.75) is 0 Å². The number of amides is 1. The lowest BCUT2D eigenvalue weighted by Gasteiger charge is -2.12. The van der Waals surface area contributed by atoms with Gasteiger partial charge < -0.3 is 19.5 Å². The molecule has 4 rings (SSSR count). The van der Waals surface area contributed by atoms with E-state index >= 15 is 0 Å². The summed E-state index contributed by atoms with van der Waals surface area (Å²) in [6.07, 6.45) is 1.46. The molecule has 0 aliphatic rings. The van der Waals surface area contributed by atoms with Gasteiger partial charge in [-0.15, -0.1) is 0 Å². The Morgan fingerprint density at radius 1 is 1.05 bits per heavy atom. The second-order valence-corrected chi connectivity index (χ2v) is 8.27. The van der Waals surface area contributed by atoms with Crippen LogP contribution in [0.2, 0.25) is 0 Å². The van der Waals surface area contributed by atoms with Gasteiger partial charge in [-0.2, -0.15) is 10.4 Å². The number of nitriles is 1. The number of H-pyrrole nitrogens is 1. The van der Waals surface area contributed by atoms with Gasteiger partial charge in [0.1, 0.15) is 11.6 Å². The number of hydrazone groups is 1. The van der Waals surface area contributed by atoms with Crippen molar-refractivity contribution in [1.82, 2.24) is 9.97 Å². The van der Waals surface area contributed by atoms with Crippen molar-refractivity contribution < 1.29 is 23.8 Å². The van der Waals surface area contributed by atoms with Crippen LogP contribution in [-0.2, 0) is 9.53 Å². The number of nitrogens with zero attached hydrogens (tertiary/aromatic N) is 3. The van der Waals surface area contributed by atoms with E-state index in [2.05, 4.69) is 25.8 Å². The standard InChI is InChI=1S/C29H24N6O6/c1-39-24-14-18(12-13-23(24)41-17-25(36)32-22-11-7-6-10-20(22)28(38)40-2)16-31-35-29-33-26(19-8-4-3-5-9-19)21(15-30)27(37)34-29/h3-14,16H,17H2,1-2H3,(H,32,36)(H2,33,34,35,37). The number of benzene rings is 3. The lowest BCUT2D eigenvalue weighted by atomic mass is 10.1. The summed E-state index contributed by atoms with van der Waals surface area (Å²) in [7, 11) is 2.71. The third-order valence-electron chi connectivity index (χ3n) is 5.62. The van der Waals surface area contributed by atoms with E-state index in [0.717, 1.165) is 0 Å². The van der Waals surface area contributed by atoms with Crippen molar-refractivity contribution >= 4 is 29.7 Å². The first kappa shape index (κ1) is 28.1. The van der Waals surface area contributed by atoms with Gasteiger partial charge in [0, 0.05) is 5.56 Å². The molecule has 0 saturated carbocycles. The SMILES string of the molecule is COC(=O)c1ccccc1NC(=O)COc1ccc(C=NNc2nc(-c3ccccc3)c(C#N)c(=O)[nH]2)cc1OC. The van der Waals surface area contributed by atoms with Gasteiger partial charge in [0.05, 0.1) is 37.4 Å². The van der Waals surface area contributed by atoms with Crippen molar-refractivity contribution in [2.75, 3.05) is 31.6 Å². The number of para-hydroxylation sites is 1. The topological polar surface area (TPSA) is 168 Å². The lowest BCUT2D eigenvalue weighted by molar-refractivity contribution is -0.118. The Morgan fingerprint density at radius 2 is 1.80 bits per heavy atom. The molecule has 1 aromatic heterocycles. The number of hydrogen-bond donors (Lipinski definition) is 3. The summed E-state index contributed by atoms with van der Waals surface area (Å²) >= 11 is 0. The van der Waals surface area contributed by atoms with E-state index in [0.29, 0.717) is 28.3 Å². The first-order chi connectivity index (χ1) is 19.9. The van der Waals surface area contributed by atoms with Crippen molar-refractivity contribution in [3.63, 3.8) is 0 Å². The Labute approximate surface area is 234 Å². The number of anilines is 2. The van der Waals surface area contributed by atoms with Crippen LogP contribution in [0.1, 0.15) is 21.5 Å². The molecule has 1 heterocycles. The second kappa shape index (κ2) is 13.2. The monoisotopic (exact) mass is 552 g/mol. The van der Waals surface area contributed by atoms with E-state index in [1.54, 1.807) is 60.7 Å². The maximum absolute atomic E-state index is 12.5. The minimum atomic E-state index is -0.597. The van der Waals surface area contributed by atoms with Crippen LogP contribution in [0, 0.1) is 11.3 Å². The molecule has 0 radical (unpaired) electrons. The molecule has 0 aliphatic carbocycles. The molecule has 41 heavy (non-hydrogen) atoms. The molecule has 0 saturated heterocycles. The summed E-state index contributed by atoms with van der Waals surface area (Å²) in [6.45, 7) is -0.345. The Morgan fingerprint density at radius 3 is 2.54 bits per heavy atom. The van der Waals surface area contributed by atoms with Gasteiger partial charge in [-0.05, 0) is 35.9 Å². The molecule has 0 spiro atoms. The van der Waals surface area contributed by atoms with E-state index in [-0.39, 0.29) is 29.4 Å². The minimum Gasteiger partial charge on any atom is -0.493 e. The van der Waals surface area contributed by atoms with Crippen LogP contribution >= 0.6 is 0 Å². The second-order valence-electron chi connectivity index (χ2n) is 8.27. The van der Waals surface area contributed by atoms with Crippen LogP contribution in [0.4, 0.5) is 11.6 Å². The zero-order valence-corrected chi connectivity index (χ0v) is 22.0. The van der Waals surface area contributed by atoms with Crippen LogP contribution in [0.25, 0.3) is 11.3 Å². The van der Waals surface area contributed by atoms with Gasteiger partial charge in [-0.3, -0.25) is 14.6 Å². The minimum absolute atomic E-state index is 0.0517. The fourth-order valence-corrected chi connectivity index (χ4v) is 3.70. The molecule has 4 aromatic rings. The number of methoxy groups -OCH3 is 2. The van der Waals surface area contributed by atoms with Crippen LogP contribution in [-0.4, -0.2) is 48.9 Å². The zero-order valence-electron chi connectivity index (χ0n) is 22.0. The Kier molecular flexibility index (Phi) is 9.04. The Bertz CT molecular complexity index is 1690. The number of carbonyl (C=O) groups excluding carboxylic acids is 2. The van der Waals surface area contributed by atoms with Crippen LogP contribution in [0.5, 0.6) is 11.5 Å². The molecule has 0 unspecified atom stereocenters. The molecule has 3 N–H and O–H groups in total. The highest BCUT2D eigenvalue weighted by Gasteiger charge is 2.15. The average molecular weight is 553 g/mol. The largest absolute Gasteiger partial charge is 0.493 e. The molecule has 0 aliphatic heterocycles. The molecule has 3 aromatic carbocycles. The van der Waals surface area contributed by atoms with Crippen molar-refractivity contribution in [3.05, 3.63) is 99.8 Å². The molecule has 0 bridgehead atoms. The van der Waals surface area contributed by atoms with Crippen molar-refractivity contribution in [1.29, 1.82) is 5.26 Å². The summed E-state index contributed by atoms with van der Waals surface area (Å²) in [5.74, 6) is -0.367. The van der Waals surface area contributed by atoms with Crippen molar-refractivity contribution in [2.24, 2.45) is 5.10 Å². The van der Waals surface area contributed by atoms with Crippen molar-refractivity contribution in [3.8, 4) is 28.8 Å². The number of carbonyl (C=O) groups is 2. The fourth-order valence-electron chi connectivity index (χ4n) is 3.70. The van der Waals surface area contributed by atoms with E-state index < -0.39 is 17.4 Å². The predicted octanol–water partition coefficient (Wildman–Crippen LogP) is 3.57. The highest BCUT2D eigenvalue weighted by molar-refractivity contribution is 6.01. The molecule has 206 valence electrons. The summed E-state index contributed by atoms with van der Waals surface area (Å²) in [5, 5.41) is 16.1. The third-order valence-corrected chi connectivity index (χ3v) is 5.62. The summed E-state index contributed by atoms with van der Waals surface area (Å²) < 4.78 is 15.7. The number of nitrogens with one attached hydrogen (secondary N) is 3. The molecule has 12 nitrogen and oxygen atoms in total.